The number of nitrogens with zero attached hydrogens (tertiary/aromatic N) is 1. The summed E-state index contributed by atoms with van der Waals surface area (Å²) in [6.45, 7) is 0. The van der Waals surface area contributed by atoms with Gasteiger partial charge >= 0.3 is 0 Å². The minimum atomic E-state index is 0.0200. The van der Waals surface area contributed by atoms with Crippen molar-refractivity contribution in [3.8, 4) is 5.75 Å². The fraction of sp³-hybridized carbons (Fsp3) is 0.429. The van der Waals surface area contributed by atoms with Gasteiger partial charge in [-0.2, -0.15) is 0 Å². The molecule has 0 unspecified atom stereocenters. The first-order valence-electron chi connectivity index (χ1n) is 6.02. The lowest BCUT2D eigenvalue weighted by Gasteiger charge is -2.13. The third-order valence-corrected chi connectivity index (χ3v) is 3.72. The molecule has 0 bridgehead atoms. The summed E-state index contributed by atoms with van der Waals surface area (Å²) in [6.07, 6.45) is 5.24. The second-order valence-corrected chi connectivity index (χ2v) is 5.19. The van der Waals surface area contributed by atoms with E-state index < -0.39 is 0 Å². The topological polar surface area (TPSA) is 40.2 Å². The lowest BCUT2D eigenvalue weighted by Crippen LogP contribution is -2.24. The minimum absolute atomic E-state index is 0.0200. The van der Waals surface area contributed by atoms with Gasteiger partial charge in [0.05, 0.1) is 7.11 Å². The SMILES string of the molecule is COc1cc2ccn(C)c2cc1CC1(N)CC1. The molecule has 1 heterocycles. The third-order valence-electron chi connectivity index (χ3n) is 3.72. The van der Waals surface area contributed by atoms with Gasteiger partial charge in [0.25, 0.3) is 0 Å². The van der Waals surface area contributed by atoms with Crippen molar-refractivity contribution >= 4 is 10.9 Å². The van der Waals surface area contributed by atoms with E-state index >= 15 is 0 Å². The molecule has 0 atom stereocenters. The average molecular weight is 230 g/mol. The van der Waals surface area contributed by atoms with E-state index in [-0.39, 0.29) is 5.54 Å². The molecule has 3 nitrogen and oxygen atoms in total. The highest BCUT2D eigenvalue weighted by molar-refractivity contribution is 5.83. The number of rotatable bonds is 3. The predicted molar refractivity (Wildman–Crippen MR) is 69.3 cm³/mol. The monoisotopic (exact) mass is 230 g/mol. The molecule has 0 amide bonds. The fourth-order valence-electron chi connectivity index (χ4n) is 2.38. The van der Waals surface area contributed by atoms with Crippen molar-refractivity contribution in [1.82, 2.24) is 4.57 Å². The molecular formula is C14H18N2O. The zero-order valence-corrected chi connectivity index (χ0v) is 10.4. The lowest BCUT2D eigenvalue weighted by atomic mass is 10.0. The molecule has 1 aliphatic rings. The van der Waals surface area contributed by atoms with E-state index in [0.29, 0.717) is 0 Å². The molecule has 1 aliphatic carbocycles. The highest BCUT2D eigenvalue weighted by atomic mass is 16.5. The van der Waals surface area contributed by atoms with Crippen molar-refractivity contribution in [1.29, 1.82) is 0 Å². The molecule has 0 radical (unpaired) electrons. The van der Waals surface area contributed by atoms with Crippen LogP contribution in [0.5, 0.6) is 5.75 Å². The molecule has 2 N–H and O–H groups in total. The Bertz CT molecular complexity index is 567. The van der Waals surface area contributed by atoms with Crippen molar-refractivity contribution < 1.29 is 4.74 Å². The molecule has 1 aromatic carbocycles. The zero-order chi connectivity index (χ0) is 12.0. The zero-order valence-electron chi connectivity index (χ0n) is 10.4. The van der Waals surface area contributed by atoms with E-state index in [1.165, 1.54) is 16.5 Å². The van der Waals surface area contributed by atoms with Gasteiger partial charge in [0.1, 0.15) is 5.75 Å². The molecule has 1 fully saturated rings. The summed E-state index contributed by atoms with van der Waals surface area (Å²) in [7, 11) is 3.79. The van der Waals surface area contributed by atoms with Crippen LogP contribution in [0, 0.1) is 0 Å². The summed E-state index contributed by atoms with van der Waals surface area (Å²) >= 11 is 0. The van der Waals surface area contributed by atoms with Crippen LogP contribution in [0.15, 0.2) is 24.4 Å². The predicted octanol–water partition coefficient (Wildman–Crippen LogP) is 2.22. The summed E-state index contributed by atoms with van der Waals surface area (Å²) in [6, 6.07) is 6.43. The summed E-state index contributed by atoms with van der Waals surface area (Å²) in [5.74, 6) is 0.959. The van der Waals surface area contributed by atoms with Gasteiger partial charge in [-0.15, -0.1) is 0 Å². The van der Waals surface area contributed by atoms with Crippen molar-refractivity contribution in [3.63, 3.8) is 0 Å². The molecule has 17 heavy (non-hydrogen) atoms. The smallest absolute Gasteiger partial charge is 0.122 e. The van der Waals surface area contributed by atoms with Crippen molar-refractivity contribution in [2.45, 2.75) is 24.8 Å². The summed E-state index contributed by atoms with van der Waals surface area (Å²) in [4.78, 5) is 0. The van der Waals surface area contributed by atoms with Gasteiger partial charge in [-0.1, -0.05) is 0 Å². The lowest BCUT2D eigenvalue weighted by molar-refractivity contribution is 0.408. The number of methoxy groups -OCH3 is 1. The van der Waals surface area contributed by atoms with Gasteiger partial charge in [0.15, 0.2) is 0 Å². The van der Waals surface area contributed by atoms with E-state index in [4.69, 9.17) is 10.5 Å². The maximum absolute atomic E-state index is 6.20. The summed E-state index contributed by atoms with van der Waals surface area (Å²) < 4.78 is 7.60. The van der Waals surface area contributed by atoms with Crippen LogP contribution in [0.25, 0.3) is 10.9 Å². The summed E-state index contributed by atoms with van der Waals surface area (Å²) in [5, 5.41) is 1.22. The van der Waals surface area contributed by atoms with Crippen LogP contribution in [0.2, 0.25) is 0 Å². The van der Waals surface area contributed by atoms with Gasteiger partial charge in [0.2, 0.25) is 0 Å². The standard InChI is InChI=1S/C14H18N2O/c1-16-6-3-10-8-13(17-2)11(7-12(10)16)9-14(15)4-5-14/h3,6-8H,4-5,9,15H2,1-2H3. The number of aromatic nitrogens is 1. The summed E-state index contributed by atoms with van der Waals surface area (Å²) in [5.41, 5.74) is 8.68. The highest BCUT2D eigenvalue weighted by Crippen LogP contribution is 2.38. The van der Waals surface area contributed by atoms with Crippen LogP contribution in [0.4, 0.5) is 0 Å². The number of nitrogens with two attached hydrogens (primary N) is 1. The fourth-order valence-corrected chi connectivity index (χ4v) is 2.38. The van der Waals surface area contributed by atoms with E-state index in [1.807, 2.05) is 0 Å². The Labute approximate surface area is 101 Å². The largest absolute Gasteiger partial charge is 0.496 e. The van der Waals surface area contributed by atoms with E-state index in [2.05, 4.69) is 36.0 Å². The molecule has 3 rings (SSSR count). The van der Waals surface area contributed by atoms with Crippen LogP contribution in [-0.2, 0) is 13.5 Å². The van der Waals surface area contributed by atoms with Gasteiger partial charge in [-0.25, -0.2) is 0 Å². The molecule has 0 spiro atoms. The molecular weight excluding hydrogens is 212 g/mol. The molecule has 3 heteroatoms. The molecule has 1 aromatic heterocycles. The Kier molecular flexibility index (Phi) is 2.20. The van der Waals surface area contributed by atoms with E-state index in [1.54, 1.807) is 7.11 Å². The van der Waals surface area contributed by atoms with Crippen molar-refractivity contribution in [2.75, 3.05) is 7.11 Å². The van der Waals surface area contributed by atoms with E-state index in [9.17, 15) is 0 Å². The van der Waals surface area contributed by atoms with Crippen LogP contribution in [0.1, 0.15) is 18.4 Å². The van der Waals surface area contributed by atoms with Crippen LogP contribution >= 0.6 is 0 Å². The maximum atomic E-state index is 6.20. The number of hydrogen-bond donors (Lipinski definition) is 1. The number of fused-ring (bicyclic) bond motifs is 1. The van der Waals surface area contributed by atoms with Crippen LogP contribution in [-0.4, -0.2) is 17.2 Å². The second-order valence-electron chi connectivity index (χ2n) is 5.19. The Morgan fingerprint density at radius 1 is 1.41 bits per heavy atom. The molecule has 90 valence electrons. The average Bonchev–Trinajstić information content (AvgIpc) is 2.93. The third kappa shape index (κ3) is 1.80. The Balaban J connectivity index is 2.10. The molecule has 0 saturated heterocycles. The molecule has 2 aromatic rings. The number of benzene rings is 1. The first-order valence-corrected chi connectivity index (χ1v) is 6.02. The van der Waals surface area contributed by atoms with Crippen molar-refractivity contribution in [2.24, 2.45) is 12.8 Å². The number of aryl methyl sites for hydroxylation is 1. The number of hydrogen-bond acceptors (Lipinski definition) is 2. The van der Waals surface area contributed by atoms with Crippen LogP contribution in [0.3, 0.4) is 0 Å². The normalized spacial score (nSPS) is 17.4. The first-order chi connectivity index (χ1) is 8.11. The Morgan fingerprint density at radius 2 is 2.18 bits per heavy atom. The second kappa shape index (κ2) is 3.50. The first kappa shape index (κ1) is 10.7. The number of ether oxygens (including phenoxy) is 1. The van der Waals surface area contributed by atoms with E-state index in [0.717, 1.165) is 25.0 Å². The quantitative estimate of drug-likeness (QED) is 0.878. The van der Waals surface area contributed by atoms with Gasteiger partial charge in [-0.3, -0.25) is 0 Å². The molecule has 0 aliphatic heterocycles. The maximum Gasteiger partial charge on any atom is 0.122 e. The van der Waals surface area contributed by atoms with Crippen molar-refractivity contribution in [3.05, 3.63) is 30.0 Å². The Hall–Kier alpha value is -1.48. The van der Waals surface area contributed by atoms with Crippen LogP contribution < -0.4 is 10.5 Å². The highest BCUT2D eigenvalue weighted by Gasteiger charge is 2.38. The van der Waals surface area contributed by atoms with Gasteiger partial charge in [0, 0.05) is 29.7 Å². The van der Waals surface area contributed by atoms with Gasteiger partial charge in [-0.05, 0) is 43.0 Å². The van der Waals surface area contributed by atoms with Gasteiger partial charge < -0.3 is 15.0 Å². The molecule has 1 saturated carbocycles. The Morgan fingerprint density at radius 3 is 2.82 bits per heavy atom. The minimum Gasteiger partial charge on any atom is -0.496 e.